The molecule has 55 heavy (non-hydrogen) atoms. The van der Waals surface area contributed by atoms with Crippen molar-refractivity contribution in [2.75, 3.05) is 4.90 Å². The molecule has 0 spiro atoms. The summed E-state index contributed by atoms with van der Waals surface area (Å²) >= 11 is 0. The van der Waals surface area contributed by atoms with E-state index in [1.807, 2.05) is 0 Å². The van der Waals surface area contributed by atoms with Crippen molar-refractivity contribution in [3.8, 4) is 55.6 Å². The van der Waals surface area contributed by atoms with Crippen LogP contribution in [0.25, 0.3) is 55.6 Å². The second kappa shape index (κ2) is 12.6. The van der Waals surface area contributed by atoms with Gasteiger partial charge in [0.1, 0.15) is 0 Å². The lowest BCUT2D eigenvalue weighted by atomic mass is 9.82. The summed E-state index contributed by atoms with van der Waals surface area (Å²) in [6.45, 7) is 9.48. The van der Waals surface area contributed by atoms with E-state index in [0.29, 0.717) is 0 Å². The van der Waals surface area contributed by atoms with Gasteiger partial charge in [0, 0.05) is 27.8 Å². The Balaban J connectivity index is 1.21. The average molecular weight is 706 g/mol. The zero-order valence-electron chi connectivity index (χ0n) is 31.8. The lowest BCUT2D eigenvalue weighted by Crippen LogP contribution is -2.18. The van der Waals surface area contributed by atoms with Crippen LogP contribution in [0.5, 0.6) is 0 Å². The number of anilines is 3. The molecule has 0 aromatic heterocycles. The molecule has 1 nitrogen and oxygen atoms in total. The van der Waals surface area contributed by atoms with Gasteiger partial charge in [0.25, 0.3) is 0 Å². The second-order valence-corrected chi connectivity index (χ2v) is 16.1. The molecule has 1 heteroatoms. The molecular weight excluding hydrogens is 663 g/mol. The fourth-order valence-corrected chi connectivity index (χ4v) is 9.44. The van der Waals surface area contributed by atoms with Crippen LogP contribution in [-0.2, 0) is 10.8 Å². The molecule has 0 radical (unpaired) electrons. The van der Waals surface area contributed by atoms with E-state index in [0.717, 1.165) is 17.1 Å². The van der Waals surface area contributed by atoms with Gasteiger partial charge in [-0.2, -0.15) is 0 Å². The Hall–Kier alpha value is -6.44. The van der Waals surface area contributed by atoms with Gasteiger partial charge in [0.2, 0.25) is 0 Å². The van der Waals surface area contributed by atoms with E-state index in [4.69, 9.17) is 0 Å². The third kappa shape index (κ3) is 5.22. The first kappa shape index (κ1) is 33.2. The highest BCUT2D eigenvalue weighted by Gasteiger charge is 2.38. The predicted octanol–water partition coefficient (Wildman–Crippen LogP) is 14.8. The molecule has 0 saturated carbocycles. The first-order chi connectivity index (χ1) is 26.8. The van der Waals surface area contributed by atoms with Crippen molar-refractivity contribution in [3.05, 3.63) is 210 Å². The van der Waals surface area contributed by atoms with Crippen LogP contribution in [0, 0.1) is 0 Å². The molecule has 0 fully saturated rings. The minimum Gasteiger partial charge on any atom is -0.310 e. The summed E-state index contributed by atoms with van der Waals surface area (Å²) in [5.41, 5.74) is 21.3. The smallest absolute Gasteiger partial charge is 0.0546 e. The van der Waals surface area contributed by atoms with Gasteiger partial charge in [-0.25, -0.2) is 0 Å². The molecule has 264 valence electrons. The van der Waals surface area contributed by atoms with Crippen LogP contribution >= 0.6 is 0 Å². The standard InChI is InChI=1S/C54H43N/c1-53(2)47-23-13-11-20-43(47)45-32-30-40(34-49(45)53)55(41-31-33-46-44-21-12-14-24-48(44)54(3,4)50(46)35-41)51-25-15-22-42(52(51)39-18-9-6-10-19-39)38-28-26-37(27-29-38)36-16-7-5-8-17-36/h5-35H,1-4H3. The summed E-state index contributed by atoms with van der Waals surface area (Å²) in [5, 5.41) is 0. The third-order valence-electron chi connectivity index (χ3n) is 12.3. The number of rotatable bonds is 6. The number of fused-ring (bicyclic) bond motifs is 6. The molecule has 0 N–H and O–H groups in total. The van der Waals surface area contributed by atoms with Crippen LogP contribution in [0.3, 0.4) is 0 Å². The SMILES string of the molecule is CC1(C)c2ccccc2-c2ccc(N(c3ccc4c(c3)C(C)(C)c3ccccc3-4)c3cccc(-c4ccc(-c5ccccc5)cc4)c3-c3ccccc3)cc21. The number of nitrogens with zero attached hydrogens (tertiary/aromatic N) is 1. The maximum absolute atomic E-state index is 2.52. The lowest BCUT2D eigenvalue weighted by Gasteiger charge is -2.32. The molecule has 0 amide bonds. The van der Waals surface area contributed by atoms with E-state index in [1.54, 1.807) is 0 Å². The van der Waals surface area contributed by atoms with E-state index in [2.05, 4.69) is 221 Å². The number of hydrogen-bond donors (Lipinski definition) is 0. The Morgan fingerprint density at radius 2 is 0.727 bits per heavy atom. The highest BCUT2D eigenvalue weighted by atomic mass is 15.1. The second-order valence-electron chi connectivity index (χ2n) is 16.1. The fourth-order valence-electron chi connectivity index (χ4n) is 9.44. The topological polar surface area (TPSA) is 3.24 Å². The van der Waals surface area contributed by atoms with Gasteiger partial charge >= 0.3 is 0 Å². The molecule has 0 heterocycles. The summed E-state index contributed by atoms with van der Waals surface area (Å²) in [6, 6.07) is 69.6. The summed E-state index contributed by atoms with van der Waals surface area (Å²) in [4.78, 5) is 2.52. The van der Waals surface area contributed by atoms with Crippen molar-refractivity contribution in [1.29, 1.82) is 0 Å². The van der Waals surface area contributed by atoms with E-state index >= 15 is 0 Å². The van der Waals surface area contributed by atoms with E-state index in [9.17, 15) is 0 Å². The molecular formula is C54H43N. The fraction of sp³-hybridized carbons (Fsp3) is 0.111. The van der Waals surface area contributed by atoms with Gasteiger partial charge in [-0.15, -0.1) is 0 Å². The number of hydrogen-bond acceptors (Lipinski definition) is 1. The Morgan fingerprint density at radius 1 is 0.309 bits per heavy atom. The van der Waals surface area contributed by atoms with E-state index in [1.165, 1.54) is 77.9 Å². The molecule has 10 rings (SSSR count). The van der Waals surface area contributed by atoms with Gasteiger partial charge in [-0.05, 0) is 103 Å². The van der Waals surface area contributed by atoms with Crippen LogP contribution < -0.4 is 4.90 Å². The first-order valence-corrected chi connectivity index (χ1v) is 19.4. The summed E-state index contributed by atoms with van der Waals surface area (Å²) in [5.74, 6) is 0. The highest BCUT2D eigenvalue weighted by molar-refractivity contribution is 5.98. The molecule has 0 atom stereocenters. The number of benzene rings is 8. The Bertz CT molecular complexity index is 2630. The zero-order valence-corrected chi connectivity index (χ0v) is 31.8. The largest absolute Gasteiger partial charge is 0.310 e. The van der Waals surface area contributed by atoms with Gasteiger partial charge in [-0.3, -0.25) is 0 Å². The third-order valence-corrected chi connectivity index (χ3v) is 12.3. The predicted molar refractivity (Wildman–Crippen MR) is 233 cm³/mol. The quantitative estimate of drug-likeness (QED) is 0.166. The van der Waals surface area contributed by atoms with Crippen LogP contribution in [0.15, 0.2) is 188 Å². The van der Waals surface area contributed by atoms with Crippen LogP contribution in [0.1, 0.15) is 49.9 Å². The molecule has 0 unspecified atom stereocenters. The van der Waals surface area contributed by atoms with Crippen molar-refractivity contribution in [3.63, 3.8) is 0 Å². The van der Waals surface area contributed by atoms with Gasteiger partial charge in [-0.1, -0.05) is 185 Å². The van der Waals surface area contributed by atoms with Crippen molar-refractivity contribution >= 4 is 17.1 Å². The first-order valence-electron chi connectivity index (χ1n) is 19.4. The van der Waals surface area contributed by atoms with Crippen LogP contribution in [-0.4, -0.2) is 0 Å². The van der Waals surface area contributed by atoms with Gasteiger partial charge < -0.3 is 4.90 Å². The Kier molecular flexibility index (Phi) is 7.58. The van der Waals surface area contributed by atoms with Crippen LogP contribution in [0.4, 0.5) is 17.1 Å². The minimum absolute atomic E-state index is 0.125. The molecule has 8 aromatic carbocycles. The zero-order chi connectivity index (χ0) is 37.3. The Morgan fingerprint density at radius 3 is 1.27 bits per heavy atom. The highest BCUT2D eigenvalue weighted by Crippen LogP contribution is 2.54. The maximum atomic E-state index is 2.52. The molecule has 0 saturated heterocycles. The monoisotopic (exact) mass is 705 g/mol. The van der Waals surface area contributed by atoms with E-state index < -0.39 is 0 Å². The van der Waals surface area contributed by atoms with Crippen molar-refractivity contribution < 1.29 is 0 Å². The summed E-state index contributed by atoms with van der Waals surface area (Å²) in [6.07, 6.45) is 0. The van der Waals surface area contributed by atoms with Crippen molar-refractivity contribution in [1.82, 2.24) is 0 Å². The molecule has 0 aliphatic heterocycles. The molecule has 2 aliphatic rings. The molecule has 2 aliphatic carbocycles. The van der Waals surface area contributed by atoms with Gasteiger partial charge in [0.05, 0.1) is 5.69 Å². The summed E-state index contributed by atoms with van der Waals surface area (Å²) < 4.78 is 0. The summed E-state index contributed by atoms with van der Waals surface area (Å²) in [7, 11) is 0. The molecule has 8 aromatic rings. The normalized spacial score (nSPS) is 14.1. The average Bonchev–Trinajstić information content (AvgIpc) is 3.60. The van der Waals surface area contributed by atoms with Crippen LogP contribution in [0.2, 0.25) is 0 Å². The van der Waals surface area contributed by atoms with Crippen molar-refractivity contribution in [2.24, 2.45) is 0 Å². The lowest BCUT2D eigenvalue weighted by molar-refractivity contribution is 0.660. The maximum Gasteiger partial charge on any atom is 0.0546 e. The Labute approximate surface area is 325 Å². The molecule has 0 bridgehead atoms. The van der Waals surface area contributed by atoms with Crippen molar-refractivity contribution in [2.45, 2.75) is 38.5 Å². The van der Waals surface area contributed by atoms with Gasteiger partial charge in [0.15, 0.2) is 0 Å². The minimum atomic E-state index is -0.125. The van der Waals surface area contributed by atoms with E-state index in [-0.39, 0.29) is 10.8 Å².